The summed E-state index contributed by atoms with van der Waals surface area (Å²) in [5, 5.41) is 7.44. The number of aryl methyl sites for hydroxylation is 2. The lowest BCUT2D eigenvalue weighted by Gasteiger charge is -2.27. The van der Waals surface area contributed by atoms with Gasteiger partial charge in [-0.15, -0.1) is 0 Å². The van der Waals surface area contributed by atoms with E-state index in [-0.39, 0.29) is 11.9 Å². The van der Waals surface area contributed by atoms with E-state index in [0.717, 1.165) is 74.7 Å². The Morgan fingerprint density at radius 3 is 3.00 bits per heavy atom. The fourth-order valence-corrected chi connectivity index (χ4v) is 3.63. The number of pyridine rings is 1. The first-order valence-corrected chi connectivity index (χ1v) is 9.18. The van der Waals surface area contributed by atoms with Gasteiger partial charge in [0.2, 0.25) is 0 Å². The van der Waals surface area contributed by atoms with Crippen molar-refractivity contribution in [3.63, 3.8) is 0 Å². The van der Waals surface area contributed by atoms with Gasteiger partial charge >= 0.3 is 0 Å². The Morgan fingerprint density at radius 2 is 2.19 bits per heavy atom. The summed E-state index contributed by atoms with van der Waals surface area (Å²) >= 11 is 0. The molecule has 0 saturated carbocycles. The van der Waals surface area contributed by atoms with Crippen molar-refractivity contribution in [2.75, 3.05) is 26.3 Å². The molecule has 1 aliphatic carbocycles. The van der Waals surface area contributed by atoms with E-state index in [1.165, 1.54) is 0 Å². The molecule has 1 N–H and O–H groups in total. The Bertz CT molecular complexity index is 783. The highest BCUT2D eigenvalue weighted by atomic mass is 16.5. The smallest absolute Gasteiger partial charge is 0.253 e. The third-order valence-corrected chi connectivity index (χ3v) is 5.07. The Labute approximate surface area is 152 Å². The molecule has 2 aliphatic rings. The molecule has 26 heavy (non-hydrogen) atoms. The molecule has 0 spiro atoms. The van der Waals surface area contributed by atoms with Gasteiger partial charge in [0.15, 0.2) is 0 Å². The Kier molecular flexibility index (Phi) is 4.99. The summed E-state index contributed by atoms with van der Waals surface area (Å²) in [6.45, 7) is 6.09. The van der Waals surface area contributed by atoms with Gasteiger partial charge in [-0.25, -0.2) is 0 Å². The van der Waals surface area contributed by atoms with Gasteiger partial charge in [-0.3, -0.25) is 14.7 Å². The van der Waals surface area contributed by atoms with Crippen molar-refractivity contribution in [3.05, 3.63) is 46.6 Å². The minimum Gasteiger partial charge on any atom is -0.379 e. The molecule has 7 nitrogen and oxygen atoms in total. The number of carbonyl (C=O) groups excluding carboxylic acids is 1. The van der Waals surface area contributed by atoms with Crippen molar-refractivity contribution in [1.82, 2.24) is 20.4 Å². The van der Waals surface area contributed by atoms with Crippen LogP contribution in [0.15, 0.2) is 23.0 Å². The summed E-state index contributed by atoms with van der Waals surface area (Å²) in [4.78, 5) is 18.9. The Hall–Kier alpha value is -2.25. The van der Waals surface area contributed by atoms with Crippen LogP contribution in [0.1, 0.15) is 39.4 Å². The normalized spacial score (nSPS) is 20.6. The summed E-state index contributed by atoms with van der Waals surface area (Å²) in [7, 11) is 0. The fraction of sp³-hybridized carbons (Fsp3) is 0.526. The zero-order chi connectivity index (χ0) is 17.9. The number of aromatic nitrogens is 2. The second-order valence-electron chi connectivity index (χ2n) is 7.08. The van der Waals surface area contributed by atoms with Crippen LogP contribution in [0.2, 0.25) is 0 Å². The van der Waals surface area contributed by atoms with E-state index in [9.17, 15) is 4.79 Å². The fourth-order valence-electron chi connectivity index (χ4n) is 3.63. The number of fused-ring (bicyclic) bond motifs is 1. The van der Waals surface area contributed by atoms with Crippen LogP contribution in [-0.2, 0) is 24.1 Å². The molecule has 1 atom stereocenters. The lowest BCUT2D eigenvalue weighted by Crippen LogP contribution is -2.39. The molecular weight excluding hydrogens is 332 g/mol. The molecule has 1 saturated heterocycles. The standard InChI is InChI=1S/C19H24N4O3/c1-13-8-14(11-20-10-13)19(24)21-15-2-3-18-16(9-15)17(22-26-18)12-23-4-6-25-7-5-23/h8,10-11,15H,2-7,9,12H2,1H3,(H,21,24). The number of hydrogen-bond acceptors (Lipinski definition) is 6. The number of morpholine rings is 1. The van der Waals surface area contributed by atoms with Crippen molar-refractivity contribution < 1.29 is 14.1 Å². The Balaban J connectivity index is 1.42. The van der Waals surface area contributed by atoms with Gasteiger partial charge in [-0.2, -0.15) is 0 Å². The molecule has 0 radical (unpaired) electrons. The predicted octanol–water partition coefficient (Wildman–Crippen LogP) is 1.50. The van der Waals surface area contributed by atoms with Gasteiger partial charge in [0, 0.05) is 50.1 Å². The Morgan fingerprint density at radius 1 is 1.35 bits per heavy atom. The summed E-state index contributed by atoms with van der Waals surface area (Å²) in [6.07, 6.45) is 5.80. The van der Waals surface area contributed by atoms with Crippen LogP contribution >= 0.6 is 0 Å². The molecule has 0 aromatic carbocycles. The largest absolute Gasteiger partial charge is 0.379 e. The third kappa shape index (κ3) is 3.78. The monoisotopic (exact) mass is 356 g/mol. The maximum Gasteiger partial charge on any atom is 0.253 e. The van der Waals surface area contributed by atoms with Crippen LogP contribution in [0.4, 0.5) is 0 Å². The van der Waals surface area contributed by atoms with Gasteiger partial charge in [-0.1, -0.05) is 5.16 Å². The van der Waals surface area contributed by atoms with Gasteiger partial charge in [0.1, 0.15) is 11.5 Å². The predicted molar refractivity (Wildman–Crippen MR) is 94.9 cm³/mol. The third-order valence-electron chi connectivity index (χ3n) is 5.07. The summed E-state index contributed by atoms with van der Waals surface area (Å²) < 4.78 is 11.0. The molecular formula is C19H24N4O3. The first-order chi connectivity index (χ1) is 12.7. The quantitative estimate of drug-likeness (QED) is 0.894. The zero-order valence-electron chi connectivity index (χ0n) is 15.0. The topological polar surface area (TPSA) is 80.5 Å². The number of ether oxygens (including phenoxy) is 1. The first-order valence-electron chi connectivity index (χ1n) is 9.18. The van der Waals surface area contributed by atoms with Crippen LogP contribution in [0.5, 0.6) is 0 Å². The lowest BCUT2D eigenvalue weighted by molar-refractivity contribution is 0.0331. The summed E-state index contributed by atoms with van der Waals surface area (Å²) in [5.41, 5.74) is 3.75. The van der Waals surface area contributed by atoms with Gasteiger partial charge in [-0.05, 0) is 31.4 Å². The molecule has 2 aromatic heterocycles. The highest BCUT2D eigenvalue weighted by Crippen LogP contribution is 2.26. The van der Waals surface area contributed by atoms with E-state index in [0.29, 0.717) is 5.56 Å². The van der Waals surface area contributed by atoms with E-state index in [4.69, 9.17) is 9.26 Å². The van der Waals surface area contributed by atoms with Crippen LogP contribution in [0, 0.1) is 6.92 Å². The van der Waals surface area contributed by atoms with Crippen LogP contribution in [0.3, 0.4) is 0 Å². The molecule has 3 heterocycles. The molecule has 4 rings (SSSR count). The average Bonchev–Trinajstić information content (AvgIpc) is 3.05. The van der Waals surface area contributed by atoms with Crippen molar-refractivity contribution in [1.29, 1.82) is 0 Å². The average molecular weight is 356 g/mol. The van der Waals surface area contributed by atoms with Crippen molar-refractivity contribution >= 4 is 5.91 Å². The maximum absolute atomic E-state index is 12.5. The van der Waals surface area contributed by atoms with Crippen LogP contribution < -0.4 is 5.32 Å². The second kappa shape index (κ2) is 7.55. The van der Waals surface area contributed by atoms with E-state index in [2.05, 4.69) is 20.4 Å². The van der Waals surface area contributed by atoms with Crippen molar-refractivity contribution in [3.8, 4) is 0 Å². The molecule has 7 heteroatoms. The lowest BCUT2D eigenvalue weighted by atomic mass is 9.91. The van der Waals surface area contributed by atoms with Gasteiger partial charge in [0.05, 0.1) is 18.8 Å². The van der Waals surface area contributed by atoms with Crippen molar-refractivity contribution in [2.24, 2.45) is 0 Å². The number of nitrogens with zero attached hydrogens (tertiary/aromatic N) is 3. The molecule has 1 amide bonds. The number of amides is 1. The number of carbonyl (C=O) groups is 1. The van der Waals surface area contributed by atoms with Gasteiger partial charge < -0.3 is 14.6 Å². The molecule has 0 bridgehead atoms. The molecule has 2 aromatic rings. The first kappa shape index (κ1) is 17.2. The summed E-state index contributed by atoms with van der Waals surface area (Å²) in [5.74, 6) is 0.900. The molecule has 1 fully saturated rings. The highest BCUT2D eigenvalue weighted by molar-refractivity contribution is 5.94. The number of nitrogens with one attached hydrogen (secondary N) is 1. The number of rotatable bonds is 4. The SMILES string of the molecule is Cc1cncc(C(=O)NC2CCc3onc(CN4CCOCC4)c3C2)c1. The van der Waals surface area contributed by atoms with Crippen molar-refractivity contribution in [2.45, 2.75) is 38.8 Å². The molecule has 1 aliphatic heterocycles. The zero-order valence-corrected chi connectivity index (χ0v) is 15.0. The minimum atomic E-state index is -0.0687. The second-order valence-corrected chi connectivity index (χ2v) is 7.08. The summed E-state index contributed by atoms with van der Waals surface area (Å²) in [6, 6.07) is 1.96. The number of hydrogen-bond donors (Lipinski definition) is 1. The van der Waals surface area contributed by atoms with Gasteiger partial charge in [0.25, 0.3) is 5.91 Å². The maximum atomic E-state index is 12.5. The molecule has 138 valence electrons. The molecule has 1 unspecified atom stereocenters. The highest BCUT2D eigenvalue weighted by Gasteiger charge is 2.28. The van der Waals surface area contributed by atoms with Crippen LogP contribution in [0.25, 0.3) is 0 Å². The minimum absolute atomic E-state index is 0.0687. The van der Waals surface area contributed by atoms with E-state index < -0.39 is 0 Å². The van der Waals surface area contributed by atoms with E-state index >= 15 is 0 Å². The van der Waals surface area contributed by atoms with E-state index in [1.807, 2.05) is 13.0 Å². The van der Waals surface area contributed by atoms with E-state index in [1.54, 1.807) is 12.4 Å². The van der Waals surface area contributed by atoms with Crippen LogP contribution in [-0.4, -0.2) is 53.3 Å².